The van der Waals surface area contributed by atoms with Crippen molar-refractivity contribution in [1.82, 2.24) is 9.97 Å². The molecule has 0 bridgehead atoms. The van der Waals surface area contributed by atoms with Crippen LogP contribution in [-0.2, 0) is 9.53 Å². The summed E-state index contributed by atoms with van der Waals surface area (Å²) in [5.41, 5.74) is 3.14. The Bertz CT molecular complexity index is 1380. The number of aromatic hydroxyl groups is 1. The molecule has 33 heavy (non-hydrogen) atoms. The Morgan fingerprint density at radius 3 is 2.45 bits per heavy atom. The van der Waals surface area contributed by atoms with Gasteiger partial charge >= 0.3 is 5.97 Å². The van der Waals surface area contributed by atoms with E-state index >= 15 is 0 Å². The molecular formula is C24H23N3O6. The number of benzene rings is 1. The maximum Gasteiger partial charge on any atom is 0.352 e. The van der Waals surface area contributed by atoms with Crippen LogP contribution in [0.25, 0.3) is 6.08 Å². The number of carboxylic acids is 1. The average molecular weight is 449 g/mol. The molecule has 1 aliphatic rings. The van der Waals surface area contributed by atoms with E-state index in [0.717, 1.165) is 5.56 Å². The number of carbonyl (C=O) groups is 2. The van der Waals surface area contributed by atoms with Gasteiger partial charge in [-0.1, -0.05) is 12.1 Å². The van der Waals surface area contributed by atoms with E-state index in [9.17, 15) is 14.7 Å². The molecule has 0 spiro atoms. The number of aromatic nitrogens is 2. The average Bonchev–Trinajstić information content (AvgIpc) is 3.38. The Morgan fingerprint density at radius 1 is 1.12 bits per heavy atom. The lowest BCUT2D eigenvalue weighted by Gasteiger charge is -2.24. The summed E-state index contributed by atoms with van der Waals surface area (Å²) in [5, 5.41) is 20.6. The van der Waals surface area contributed by atoms with Crippen molar-refractivity contribution in [2.75, 3.05) is 20.8 Å². The number of hydrogen-bond acceptors (Lipinski definition) is 6. The van der Waals surface area contributed by atoms with Crippen molar-refractivity contribution < 1.29 is 29.3 Å². The zero-order valence-corrected chi connectivity index (χ0v) is 18.3. The first-order valence-corrected chi connectivity index (χ1v) is 10.1. The SMILES string of the molecule is COCC(=O)C1=C(C)N=c2[nH]c(=Cc3ccc(C(=O)O)[nH]3)c(O)c2C1c1ccc(OC)cc1. The monoisotopic (exact) mass is 449 g/mol. The molecule has 0 aliphatic carbocycles. The van der Waals surface area contributed by atoms with Gasteiger partial charge in [0.05, 0.1) is 18.0 Å². The van der Waals surface area contributed by atoms with Crippen molar-refractivity contribution in [3.8, 4) is 11.5 Å². The third-order valence-electron chi connectivity index (χ3n) is 5.53. The molecule has 0 amide bonds. The number of Topliss-reactive ketones (excluding diaryl/α,β-unsaturated/α-hetero) is 1. The summed E-state index contributed by atoms with van der Waals surface area (Å²) < 4.78 is 10.3. The molecule has 9 heteroatoms. The van der Waals surface area contributed by atoms with Crippen LogP contribution in [0.15, 0.2) is 52.7 Å². The van der Waals surface area contributed by atoms with Crippen LogP contribution >= 0.6 is 0 Å². The second-order valence-electron chi connectivity index (χ2n) is 7.60. The largest absolute Gasteiger partial charge is 0.505 e. The Morgan fingerprint density at radius 2 is 1.85 bits per heavy atom. The van der Waals surface area contributed by atoms with Crippen LogP contribution in [0.5, 0.6) is 11.5 Å². The molecule has 3 aromatic rings. The first kappa shape index (κ1) is 22.1. The number of nitrogens with one attached hydrogen (secondary N) is 2. The topological polar surface area (TPSA) is 137 Å². The number of ketones is 1. The number of nitrogens with zero attached hydrogens (tertiary/aromatic N) is 1. The molecule has 1 aliphatic heterocycles. The molecule has 3 heterocycles. The molecule has 4 N–H and O–H groups in total. The number of carboxylic acid groups (broad SMARTS) is 1. The van der Waals surface area contributed by atoms with Crippen molar-refractivity contribution in [3.05, 3.63) is 81.0 Å². The molecule has 9 nitrogen and oxygen atoms in total. The number of ether oxygens (including phenoxy) is 2. The molecular weight excluding hydrogens is 426 g/mol. The van der Waals surface area contributed by atoms with Crippen molar-refractivity contribution in [1.29, 1.82) is 0 Å². The highest BCUT2D eigenvalue weighted by Gasteiger charge is 2.34. The lowest BCUT2D eigenvalue weighted by Crippen LogP contribution is -2.26. The normalized spacial score (nSPS) is 15.8. The minimum absolute atomic E-state index is 0.0304. The van der Waals surface area contributed by atoms with Gasteiger partial charge in [0, 0.05) is 30.0 Å². The standard InChI is InChI=1S/C24H23N3O6/c1-12-19(18(28)11-32-2)20(13-4-7-15(33-3)8-5-13)21-22(29)17(27-23(21)25-12)10-14-6-9-16(26-14)24(30)31/h4-10,20,26,29H,11H2,1-3H3,(H,25,27)(H,30,31). The van der Waals surface area contributed by atoms with Crippen molar-refractivity contribution in [2.45, 2.75) is 12.8 Å². The van der Waals surface area contributed by atoms with E-state index in [2.05, 4.69) is 15.0 Å². The van der Waals surface area contributed by atoms with Crippen LogP contribution < -0.4 is 15.6 Å². The minimum atomic E-state index is -1.08. The Balaban J connectivity index is 1.90. The van der Waals surface area contributed by atoms with E-state index in [0.29, 0.717) is 39.1 Å². The molecule has 0 saturated heterocycles. The predicted molar refractivity (Wildman–Crippen MR) is 119 cm³/mol. The molecule has 1 atom stereocenters. The van der Waals surface area contributed by atoms with Gasteiger partial charge in [0.2, 0.25) is 0 Å². The predicted octanol–water partition coefficient (Wildman–Crippen LogP) is 1.84. The van der Waals surface area contributed by atoms with Gasteiger partial charge in [-0.25, -0.2) is 9.79 Å². The summed E-state index contributed by atoms with van der Waals surface area (Å²) >= 11 is 0. The molecule has 0 radical (unpaired) electrons. The zero-order valence-electron chi connectivity index (χ0n) is 18.3. The van der Waals surface area contributed by atoms with E-state index < -0.39 is 11.9 Å². The van der Waals surface area contributed by atoms with E-state index in [1.165, 1.54) is 13.2 Å². The number of allylic oxidation sites excluding steroid dienone is 1. The van der Waals surface area contributed by atoms with Crippen molar-refractivity contribution in [2.24, 2.45) is 4.99 Å². The fraction of sp³-hybridized carbons (Fsp3) is 0.208. The Labute approximate surface area is 188 Å². The van der Waals surface area contributed by atoms with E-state index in [1.807, 2.05) is 12.1 Å². The molecule has 1 unspecified atom stereocenters. The van der Waals surface area contributed by atoms with Crippen molar-refractivity contribution >= 4 is 17.8 Å². The lowest BCUT2D eigenvalue weighted by atomic mass is 9.81. The number of carbonyl (C=O) groups excluding carboxylic acids is 1. The van der Waals surface area contributed by atoms with Gasteiger partial charge in [-0.05, 0) is 42.8 Å². The maximum absolute atomic E-state index is 13.0. The summed E-state index contributed by atoms with van der Waals surface area (Å²) in [5.74, 6) is -1.30. The molecule has 4 rings (SSSR count). The van der Waals surface area contributed by atoms with Crippen LogP contribution in [0.1, 0.15) is 40.2 Å². The lowest BCUT2D eigenvalue weighted by molar-refractivity contribution is -0.119. The summed E-state index contributed by atoms with van der Waals surface area (Å²) in [6, 6.07) is 10.3. The Hall–Kier alpha value is -4.11. The van der Waals surface area contributed by atoms with Gasteiger partial charge in [-0.15, -0.1) is 0 Å². The van der Waals surface area contributed by atoms with Crippen LogP contribution in [-0.4, -0.2) is 52.8 Å². The summed E-state index contributed by atoms with van der Waals surface area (Å²) in [7, 11) is 3.02. The zero-order chi connectivity index (χ0) is 23.7. The highest BCUT2D eigenvalue weighted by molar-refractivity contribution is 5.99. The van der Waals surface area contributed by atoms with Gasteiger partial charge in [0.25, 0.3) is 0 Å². The van der Waals surface area contributed by atoms with Gasteiger partial charge in [0.1, 0.15) is 29.3 Å². The first-order chi connectivity index (χ1) is 15.8. The van der Waals surface area contributed by atoms with Gasteiger partial charge < -0.3 is 29.7 Å². The fourth-order valence-electron chi connectivity index (χ4n) is 4.04. The quantitative estimate of drug-likeness (QED) is 0.434. The highest BCUT2D eigenvalue weighted by atomic mass is 16.5. The van der Waals surface area contributed by atoms with E-state index in [1.54, 1.807) is 38.3 Å². The highest BCUT2D eigenvalue weighted by Crippen LogP contribution is 2.38. The smallest absolute Gasteiger partial charge is 0.352 e. The second kappa shape index (κ2) is 8.79. The molecule has 2 aromatic heterocycles. The number of aromatic amines is 2. The maximum atomic E-state index is 13.0. The molecule has 1 aromatic carbocycles. The van der Waals surface area contributed by atoms with E-state index in [-0.39, 0.29) is 23.8 Å². The van der Waals surface area contributed by atoms with Gasteiger partial charge in [-0.3, -0.25) is 4.79 Å². The third kappa shape index (κ3) is 4.06. The van der Waals surface area contributed by atoms with Crippen LogP contribution in [0.3, 0.4) is 0 Å². The van der Waals surface area contributed by atoms with Gasteiger partial charge in [0.15, 0.2) is 5.78 Å². The number of H-pyrrole nitrogens is 2. The molecule has 170 valence electrons. The molecule has 0 saturated carbocycles. The van der Waals surface area contributed by atoms with Gasteiger partial charge in [-0.2, -0.15) is 0 Å². The number of rotatable bonds is 7. The van der Waals surface area contributed by atoms with Crippen LogP contribution in [0.2, 0.25) is 0 Å². The fourth-order valence-corrected chi connectivity index (χ4v) is 4.04. The Kier molecular flexibility index (Phi) is 5.89. The summed E-state index contributed by atoms with van der Waals surface area (Å²) in [6.07, 6.45) is 1.59. The third-order valence-corrected chi connectivity index (χ3v) is 5.53. The summed E-state index contributed by atoms with van der Waals surface area (Å²) in [4.78, 5) is 34.5. The molecule has 0 fully saturated rings. The number of aromatic carboxylic acids is 1. The number of methoxy groups -OCH3 is 2. The first-order valence-electron chi connectivity index (χ1n) is 10.1. The second-order valence-corrected chi connectivity index (χ2v) is 7.60. The van der Waals surface area contributed by atoms with Crippen LogP contribution in [0.4, 0.5) is 0 Å². The number of fused-ring (bicyclic) bond motifs is 1. The summed E-state index contributed by atoms with van der Waals surface area (Å²) in [6.45, 7) is 1.63. The minimum Gasteiger partial charge on any atom is -0.505 e. The number of hydrogen-bond donors (Lipinski definition) is 4. The van der Waals surface area contributed by atoms with E-state index in [4.69, 9.17) is 14.6 Å². The van der Waals surface area contributed by atoms with Crippen molar-refractivity contribution in [3.63, 3.8) is 0 Å². The van der Waals surface area contributed by atoms with Crippen LogP contribution in [0, 0.1) is 0 Å².